The lowest BCUT2D eigenvalue weighted by Gasteiger charge is -2.04. The Labute approximate surface area is 77.3 Å². The van der Waals surface area contributed by atoms with Crippen LogP contribution in [0.5, 0.6) is 0 Å². The lowest BCUT2D eigenvalue weighted by atomic mass is 10.2. The molecule has 0 fully saturated rings. The van der Waals surface area contributed by atoms with Gasteiger partial charge in [0.1, 0.15) is 0 Å². The smallest absolute Gasteiger partial charge is 0.336 e. The molecular formula is C7H7BrN2O2. The van der Waals surface area contributed by atoms with Crippen LogP contribution in [0, 0.1) is 0 Å². The van der Waals surface area contributed by atoms with Gasteiger partial charge in [-0.1, -0.05) is 0 Å². The van der Waals surface area contributed by atoms with Crippen molar-refractivity contribution in [3.8, 4) is 0 Å². The number of nitrogens with two attached hydrogens (primary N) is 2. The monoisotopic (exact) mass is 230 g/mol. The van der Waals surface area contributed by atoms with Crippen molar-refractivity contribution < 1.29 is 9.90 Å². The molecule has 0 bridgehead atoms. The number of carbonyl (C=O) groups is 1. The number of rotatable bonds is 1. The molecule has 0 aliphatic rings. The summed E-state index contributed by atoms with van der Waals surface area (Å²) in [6, 6.07) is 2.86. The van der Waals surface area contributed by atoms with Crippen LogP contribution >= 0.6 is 15.9 Å². The summed E-state index contributed by atoms with van der Waals surface area (Å²) < 4.78 is 0.329. The molecule has 1 aromatic carbocycles. The van der Waals surface area contributed by atoms with Gasteiger partial charge in [-0.3, -0.25) is 0 Å². The molecule has 0 saturated carbocycles. The average Bonchev–Trinajstić information content (AvgIpc) is 2.00. The number of benzene rings is 1. The number of hydrogen-bond donors (Lipinski definition) is 3. The lowest BCUT2D eigenvalue weighted by molar-refractivity contribution is 0.0696. The second-order valence-corrected chi connectivity index (χ2v) is 3.03. The van der Waals surface area contributed by atoms with Gasteiger partial charge in [-0.05, 0) is 28.1 Å². The topological polar surface area (TPSA) is 89.3 Å². The fourth-order valence-corrected chi connectivity index (χ4v) is 1.30. The Balaban J connectivity index is 3.36. The number of halogens is 1. The largest absolute Gasteiger partial charge is 0.478 e. The maximum atomic E-state index is 10.6. The zero-order valence-electron chi connectivity index (χ0n) is 6.04. The first-order valence-corrected chi connectivity index (χ1v) is 3.90. The van der Waals surface area contributed by atoms with Crippen molar-refractivity contribution in [2.75, 3.05) is 11.5 Å². The maximum absolute atomic E-state index is 10.6. The van der Waals surface area contributed by atoms with E-state index in [4.69, 9.17) is 16.6 Å². The normalized spacial score (nSPS) is 9.75. The molecule has 0 atom stereocenters. The summed E-state index contributed by atoms with van der Waals surface area (Å²) in [4.78, 5) is 10.6. The Bertz CT molecular complexity index is 338. The van der Waals surface area contributed by atoms with Crippen LogP contribution in [0.2, 0.25) is 0 Å². The third-order valence-electron chi connectivity index (χ3n) is 1.44. The van der Waals surface area contributed by atoms with Crippen LogP contribution in [-0.4, -0.2) is 11.1 Å². The Kier molecular flexibility index (Phi) is 2.23. The summed E-state index contributed by atoms with van der Waals surface area (Å²) in [6.07, 6.45) is 0. The zero-order chi connectivity index (χ0) is 9.30. The van der Waals surface area contributed by atoms with Crippen LogP contribution in [0.3, 0.4) is 0 Å². The summed E-state index contributed by atoms with van der Waals surface area (Å²) in [5.74, 6) is -1.03. The molecule has 0 aliphatic heterocycles. The predicted molar refractivity (Wildman–Crippen MR) is 49.9 cm³/mol. The average molecular weight is 231 g/mol. The van der Waals surface area contributed by atoms with E-state index < -0.39 is 5.97 Å². The van der Waals surface area contributed by atoms with Crippen molar-refractivity contribution in [3.05, 3.63) is 22.2 Å². The van der Waals surface area contributed by atoms with E-state index in [2.05, 4.69) is 15.9 Å². The minimum Gasteiger partial charge on any atom is -0.478 e. The summed E-state index contributed by atoms with van der Waals surface area (Å²) in [6.45, 7) is 0. The summed E-state index contributed by atoms with van der Waals surface area (Å²) in [5.41, 5.74) is 11.7. The molecule has 1 aromatic rings. The van der Waals surface area contributed by atoms with Crippen molar-refractivity contribution in [1.82, 2.24) is 0 Å². The van der Waals surface area contributed by atoms with E-state index in [1.165, 1.54) is 12.1 Å². The molecule has 5 heteroatoms. The highest BCUT2D eigenvalue weighted by Gasteiger charge is 2.11. The van der Waals surface area contributed by atoms with Gasteiger partial charge < -0.3 is 16.6 Å². The minimum absolute atomic E-state index is 0.113. The quantitative estimate of drug-likeness (QED) is 0.635. The van der Waals surface area contributed by atoms with Gasteiger partial charge in [0.25, 0.3) is 0 Å². The van der Waals surface area contributed by atoms with E-state index in [0.29, 0.717) is 10.2 Å². The molecule has 0 spiro atoms. The van der Waals surface area contributed by atoms with Crippen molar-refractivity contribution in [2.45, 2.75) is 0 Å². The number of hydrogen-bond acceptors (Lipinski definition) is 3. The summed E-state index contributed by atoms with van der Waals surface area (Å²) in [5, 5.41) is 8.65. The first-order chi connectivity index (χ1) is 5.54. The van der Waals surface area contributed by atoms with Gasteiger partial charge in [-0.15, -0.1) is 0 Å². The highest BCUT2D eigenvalue weighted by atomic mass is 79.9. The molecule has 1 rings (SSSR count). The van der Waals surface area contributed by atoms with Crippen LogP contribution in [-0.2, 0) is 0 Å². The van der Waals surface area contributed by atoms with E-state index in [9.17, 15) is 4.79 Å². The summed E-state index contributed by atoms with van der Waals surface area (Å²) in [7, 11) is 0. The van der Waals surface area contributed by atoms with Gasteiger partial charge in [-0.2, -0.15) is 0 Å². The number of carboxylic acid groups (broad SMARTS) is 1. The Hall–Kier alpha value is -1.23. The highest BCUT2D eigenvalue weighted by Crippen LogP contribution is 2.28. The van der Waals surface area contributed by atoms with Gasteiger partial charge in [-0.25, -0.2) is 4.79 Å². The molecule has 0 aliphatic carbocycles. The molecule has 0 radical (unpaired) electrons. The van der Waals surface area contributed by atoms with Crippen LogP contribution in [0.15, 0.2) is 16.6 Å². The van der Waals surface area contributed by atoms with Gasteiger partial charge >= 0.3 is 5.97 Å². The van der Waals surface area contributed by atoms with Gasteiger partial charge in [0.15, 0.2) is 0 Å². The minimum atomic E-state index is -1.03. The molecule has 0 amide bonds. The van der Waals surface area contributed by atoms with E-state index in [1.54, 1.807) is 0 Å². The standard InChI is InChI=1S/C7H7BrN2O2/c8-5-3(7(11)12)1-2-4(9)6(5)10/h1-2H,9-10H2,(H,11,12). The second-order valence-electron chi connectivity index (χ2n) is 2.24. The predicted octanol–water partition coefficient (Wildman–Crippen LogP) is 1.31. The molecule has 0 heterocycles. The Morgan fingerprint density at radius 2 is 2.00 bits per heavy atom. The van der Waals surface area contributed by atoms with Crippen molar-refractivity contribution in [1.29, 1.82) is 0 Å². The number of nitrogen functional groups attached to an aromatic ring is 2. The SMILES string of the molecule is Nc1ccc(C(=O)O)c(Br)c1N. The molecular weight excluding hydrogens is 224 g/mol. The van der Waals surface area contributed by atoms with Gasteiger partial charge in [0.2, 0.25) is 0 Å². The van der Waals surface area contributed by atoms with E-state index in [1.807, 2.05) is 0 Å². The molecule has 5 N–H and O–H groups in total. The Morgan fingerprint density at radius 1 is 1.42 bits per heavy atom. The molecule has 0 saturated heterocycles. The zero-order valence-corrected chi connectivity index (χ0v) is 7.63. The molecule has 64 valence electrons. The number of carboxylic acids is 1. The van der Waals surface area contributed by atoms with Crippen molar-refractivity contribution in [3.63, 3.8) is 0 Å². The molecule has 4 nitrogen and oxygen atoms in total. The van der Waals surface area contributed by atoms with E-state index in [-0.39, 0.29) is 11.3 Å². The second kappa shape index (κ2) is 3.02. The van der Waals surface area contributed by atoms with Crippen LogP contribution in [0.25, 0.3) is 0 Å². The van der Waals surface area contributed by atoms with E-state index in [0.717, 1.165) is 0 Å². The summed E-state index contributed by atoms with van der Waals surface area (Å²) >= 11 is 3.05. The molecule has 0 aromatic heterocycles. The lowest BCUT2D eigenvalue weighted by Crippen LogP contribution is -2.03. The van der Waals surface area contributed by atoms with Gasteiger partial charge in [0, 0.05) is 0 Å². The van der Waals surface area contributed by atoms with Gasteiger partial charge in [0.05, 0.1) is 21.4 Å². The van der Waals surface area contributed by atoms with Crippen LogP contribution in [0.1, 0.15) is 10.4 Å². The van der Waals surface area contributed by atoms with Crippen molar-refractivity contribution in [2.24, 2.45) is 0 Å². The van der Waals surface area contributed by atoms with Crippen LogP contribution in [0.4, 0.5) is 11.4 Å². The first kappa shape index (κ1) is 8.86. The first-order valence-electron chi connectivity index (χ1n) is 3.10. The van der Waals surface area contributed by atoms with Crippen molar-refractivity contribution >= 4 is 33.3 Å². The fraction of sp³-hybridized carbons (Fsp3) is 0. The maximum Gasteiger partial charge on any atom is 0.336 e. The fourth-order valence-electron chi connectivity index (χ4n) is 0.773. The molecule has 0 unspecified atom stereocenters. The third kappa shape index (κ3) is 1.35. The highest BCUT2D eigenvalue weighted by molar-refractivity contribution is 9.10. The number of anilines is 2. The number of aromatic carboxylic acids is 1. The van der Waals surface area contributed by atoms with E-state index >= 15 is 0 Å². The molecule has 12 heavy (non-hydrogen) atoms. The third-order valence-corrected chi connectivity index (χ3v) is 2.30. The van der Waals surface area contributed by atoms with Crippen LogP contribution < -0.4 is 11.5 Å². The Morgan fingerprint density at radius 3 is 2.50 bits per heavy atom.